The molecule has 1 aromatic carbocycles. The Hall–Kier alpha value is -2.22. The Morgan fingerprint density at radius 2 is 1.69 bits per heavy atom. The van der Waals surface area contributed by atoms with E-state index < -0.39 is 11.6 Å². The van der Waals surface area contributed by atoms with Crippen LogP contribution in [0, 0.1) is 11.6 Å². The Morgan fingerprint density at radius 3 is 2.34 bits per heavy atom. The van der Waals surface area contributed by atoms with E-state index in [0.717, 1.165) is 64.2 Å². The number of amides is 1. The van der Waals surface area contributed by atoms with Crippen LogP contribution in [-0.4, -0.2) is 79.4 Å². The quantitative estimate of drug-likeness (QED) is 0.613. The lowest BCUT2D eigenvalue weighted by Crippen LogP contribution is -2.54. The van der Waals surface area contributed by atoms with Crippen LogP contribution in [0.4, 0.5) is 8.78 Å². The summed E-state index contributed by atoms with van der Waals surface area (Å²) >= 11 is 0. The van der Waals surface area contributed by atoms with E-state index in [9.17, 15) is 13.6 Å². The maximum atomic E-state index is 13.8. The lowest BCUT2D eigenvalue weighted by atomic mass is 10.2. The molecular formula is C21H31F2N5O. The van der Waals surface area contributed by atoms with Gasteiger partial charge in [0.1, 0.15) is 11.6 Å². The van der Waals surface area contributed by atoms with Crippen LogP contribution < -0.4 is 5.32 Å². The molecule has 2 aliphatic heterocycles. The van der Waals surface area contributed by atoms with Crippen molar-refractivity contribution < 1.29 is 13.6 Å². The number of carbonyl (C=O) groups excluding carboxylic acids is 1. The van der Waals surface area contributed by atoms with Crippen molar-refractivity contribution in [2.45, 2.75) is 32.2 Å². The second kappa shape index (κ2) is 10.5. The van der Waals surface area contributed by atoms with E-state index >= 15 is 0 Å². The fourth-order valence-corrected chi connectivity index (χ4v) is 3.91. The highest BCUT2D eigenvalue weighted by Gasteiger charge is 2.23. The van der Waals surface area contributed by atoms with E-state index in [4.69, 9.17) is 0 Å². The molecule has 3 rings (SSSR count). The summed E-state index contributed by atoms with van der Waals surface area (Å²) in [6.07, 6.45) is 4.64. The minimum absolute atomic E-state index is 0.171. The molecule has 2 fully saturated rings. The summed E-state index contributed by atoms with van der Waals surface area (Å²) in [6.45, 7) is 5.41. The molecule has 2 aliphatic rings. The Kier molecular flexibility index (Phi) is 7.80. The van der Waals surface area contributed by atoms with E-state index in [1.54, 1.807) is 7.05 Å². The first-order valence-corrected chi connectivity index (χ1v) is 10.5. The predicted molar refractivity (Wildman–Crippen MR) is 110 cm³/mol. The van der Waals surface area contributed by atoms with Crippen molar-refractivity contribution in [1.82, 2.24) is 20.0 Å². The molecule has 160 valence electrons. The smallest absolute Gasteiger partial charge is 0.236 e. The molecule has 0 atom stereocenters. The van der Waals surface area contributed by atoms with Gasteiger partial charge in [0.2, 0.25) is 5.91 Å². The van der Waals surface area contributed by atoms with Gasteiger partial charge in [-0.3, -0.25) is 14.7 Å². The first-order valence-electron chi connectivity index (χ1n) is 10.5. The van der Waals surface area contributed by atoms with Gasteiger partial charge in [0.05, 0.1) is 6.54 Å². The van der Waals surface area contributed by atoms with Crippen LogP contribution in [0.25, 0.3) is 0 Å². The number of aliphatic imine (C=N–C) groups is 1. The minimum Gasteiger partial charge on any atom is -0.352 e. The number of rotatable bonds is 4. The molecule has 0 aliphatic carbocycles. The third-order valence-corrected chi connectivity index (χ3v) is 5.65. The molecule has 1 N–H and O–H groups in total. The number of piperazine rings is 1. The number of nitrogens with zero attached hydrogens (tertiary/aromatic N) is 4. The summed E-state index contributed by atoms with van der Waals surface area (Å²) in [4.78, 5) is 23.1. The molecule has 2 heterocycles. The normalized spacial score (nSPS) is 19.2. The molecule has 29 heavy (non-hydrogen) atoms. The average molecular weight is 408 g/mol. The average Bonchev–Trinajstić information content (AvgIpc) is 3.01. The van der Waals surface area contributed by atoms with Crippen molar-refractivity contribution >= 4 is 11.9 Å². The van der Waals surface area contributed by atoms with Gasteiger partial charge < -0.3 is 15.1 Å². The molecule has 0 saturated carbocycles. The summed E-state index contributed by atoms with van der Waals surface area (Å²) in [5.41, 5.74) is 0.271. The zero-order valence-corrected chi connectivity index (χ0v) is 17.2. The number of benzene rings is 1. The molecule has 0 unspecified atom stereocenters. The predicted octanol–water partition coefficient (Wildman–Crippen LogP) is 2.06. The molecule has 0 spiro atoms. The number of likely N-dealkylation sites (tertiary alicyclic amines) is 1. The van der Waals surface area contributed by atoms with Gasteiger partial charge in [-0.15, -0.1) is 0 Å². The first kappa shape index (κ1) is 21.5. The van der Waals surface area contributed by atoms with E-state index in [-0.39, 0.29) is 18.0 Å². The highest BCUT2D eigenvalue weighted by molar-refractivity contribution is 5.80. The minimum atomic E-state index is -0.458. The van der Waals surface area contributed by atoms with Gasteiger partial charge in [0, 0.05) is 58.4 Å². The van der Waals surface area contributed by atoms with Crippen molar-refractivity contribution in [2.75, 3.05) is 52.9 Å². The van der Waals surface area contributed by atoms with E-state index in [1.807, 2.05) is 4.90 Å². The monoisotopic (exact) mass is 407 g/mol. The topological polar surface area (TPSA) is 51.2 Å². The summed E-state index contributed by atoms with van der Waals surface area (Å²) in [5.74, 6) is -0.0105. The molecule has 0 aromatic heterocycles. The summed E-state index contributed by atoms with van der Waals surface area (Å²) < 4.78 is 27.2. The summed E-state index contributed by atoms with van der Waals surface area (Å²) in [5, 5.41) is 3.11. The van der Waals surface area contributed by atoms with Crippen LogP contribution in [-0.2, 0) is 11.3 Å². The van der Waals surface area contributed by atoms with Crippen molar-refractivity contribution in [2.24, 2.45) is 4.99 Å². The van der Waals surface area contributed by atoms with Crippen LogP contribution in [0.5, 0.6) is 0 Å². The van der Waals surface area contributed by atoms with Gasteiger partial charge in [-0.2, -0.15) is 0 Å². The largest absolute Gasteiger partial charge is 0.352 e. The number of guanidine groups is 1. The van der Waals surface area contributed by atoms with Gasteiger partial charge in [-0.25, -0.2) is 8.78 Å². The van der Waals surface area contributed by atoms with Gasteiger partial charge in [-0.05, 0) is 31.0 Å². The number of hydrogen-bond acceptors (Lipinski definition) is 3. The third-order valence-electron chi connectivity index (χ3n) is 5.65. The Morgan fingerprint density at radius 1 is 1.00 bits per heavy atom. The van der Waals surface area contributed by atoms with E-state index in [0.29, 0.717) is 12.5 Å². The molecular weight excluding hydrogens is 376 g/mol. The fraction of sp³-hybridized carbons (Fsp3) is 0.619. The lowest BCUT2D eigenvalue weighted by molar-refractivity contribution is -0.132. The maximum absolute atomic E-state index is 13.8. The number of carbonyl (C=O) groups is 1. The molecule has 1 amide bonds. The summed E-state index contributed by atoms with van der Waals surface area (Å²) in [6, 6.07) is 3.44. The van der Waals surface area contributed by atoms with Gasteiger partial charge in [0.15, 0.2) is 5.96 Å². The number of hydrogen-bond donors (Lipinski definition) is 1. The standard InChI is InChI=1S/C21H31F2N5O/c1-24-21(25-15-17-14-18(22)6-7-19(17)23)28-12-10-26(11-13-28)16-20(29)27-8-4-2-3-5-9-27/h6-7,14H,2-5,8-13,15-16H2,1H3,(H,24,25). The van der Waals surface area contributed by atoms with Gasteiger partial charge in [0.25, 0.3) is 0 Å². The van der Waals surface area contributed by atoms with Gasteiger partial charge >= 0.3 is 0 Å². The molecule has 0 radical (unpaired) electrons. The molecule has 6 nitrogen and oxygen atoms in total. The molecule has 2 saturated heterocycles. The van der Waals surface area contributed by atoms with Crippen LogP contribution in [0.3, 0.4) is 0 Å². The summed E-state index contributed by atoms with van der Waals surface area (Å²) in [7, 11) is 1.68. The molecule has 0 bridgehead atoms. The van der Waals surface area contributed by atoms with Crippen LogP contribution in [0.1, 0.15) is 31.2 Å². The highest BCUT2D eigenvalue weighted by atomic mass is 19.1. The Balaban J connectivity index is 1.46. The zero-order valence-electron chi connectivity index (χ0n) is 17.2. The third kappa shape index (κ3) is 6.13. The maximum Gasteiger partial charge on any atom is 0.236 e. The molecule has 8 heteroatoms. The van der Waals surface area contributed by atoms with Crippen LogP contribution >= 0.6 is 0 Å². The fourth-order valence-electron chi connectivity index (χ4n) is 3.91. The SMILES string of the molecule is CN=C(NCc1cc(F)ccc1F)N1CCN(CC(=O)N2CCCCCC2)CC1. The van der Waals surface area contributed by atoms with Gasteiger partial charge in [-0.1, -0.05) is 12.8 Å². The van der Waals surface area contributed by atoms with Crippen molar-refractivity contribution in [3.63, 3.8) is 0 Å². The van der Waals surface area contributed by atoms with Crippen LogP contribution in [0.15, 0.2) is 23.2 Å². The second-order valence-electron chi connectivity index (χ2n) is 7.69. The Labute approximate surface area is 171 Å². The van der Waals surface area contributed by atoms with Crippen molar-refractivity contribution in [3.05, 3.63) is 35.4 Å². The van der Waals surface area contributed by atoms with Crippen LogP contribution in [0.2, 0.25) is 0 Å². The molecule has 1 aromatic rings. The highest BCUT2D eigenvalue weighted by Crippen LogP contribution is 2.12. The van der Waals surface area contributed by atoms with E-state index in [2.05, 4.69) is 20.1 Å². The lowest BCUT2D eigenvalue weighted by Gasteiger charge is -2.37. The first-order chi connectivity index (χ1) is 14.1. The zero-order chi connectivity index (χ0) is 20.6. The van der Waals surface area contributed by atoms with E-state index in [1.165, 1.54) is 18.9 Å². The second-order valence-corrected chi connectivity index (χ2v) is 7.69. The van der Waals surface area contributed by atoms with Crippen molar-refractivity contribution in [3.8, 4) is 0 Å². The number of nitrogens with one attached hydrogen (secondary N) is 1. The van der Waals surface area contributed by atoms with Crippen molar-refractivity contribution in [1.29, 1.82) is 0 Å². The Bertz CT molecular complexity index is 711. The number of halogens is 2.